The maximum Gasteiger partial charge on any atom is 0.211 e. The maximum absolute atomic E-state index is 11.7. The van der Waals surface area contributed by atoms with Crippen molar-refractivity contribution in [3.05, 3.63) is 28.9 Å². The molecule has 0 spiro atoms. The van der Waals surface area contributed by atoms with Gasteiger partial charge in [-0.3, -0.25) is 5.10 Å². The molecule has 2 unspecified atom stereocenters. The molecule has 2 aromatic rings. The predicted octanol–water partition coefficient (Wildman–Crippen LogP) is 1.71. The third-order valence-corrected chi connectivity index (χ3v) is 6.69. The van der Waals surface area contributed by atoms with Crippen LogP contribution in [0.4, 0.5) is 0 Å². The maximum atomic E-state index is 11.7. The van der Waals surface area contributed by atoms with E-state index in [4.69, 9.17) is 11.6 Å². The molecule has 23 heavy (non-hydrogen) atoms. The third kappa shape index (κ3) is 2.46. The number of sulfonamides is 1. The Hall–Kier alpha value is -1.15. The quantitative estimate of drug-likeness (QED) is 0.858. The smallest absolute Gasteiger partial charge is 0.211 e. The topological polar surface area (TPSA) is 86.3 Å². The molecule has 2 N–H and O–H groups in total. The normalized spacial score (nSPS) is 31.8. The van der Waals surface area contributed by atoms with Crippen molar-refractivity contribution in [1.82, 2.24) is 14.5 Å². The van der Waals surface area contributed by atoms with Crippen molar-refractivity contribution in [2.45, 2.75) is 18.4 Å². The van der Waals surface area contributed by atoms with E-state index in [2.05, 4.69) is 10.2 Å². The van der Waals surface area contributed by atoms with E-state index in [1.807, 2.05) is 0 Å². The van der Waals surface area contributed by atoms with Crippen molar-refractivity contribution in [3.63, 3.8) is 0 Å². The molecular formula is C15H18ClN3O3S. The van der Waals surface area contributed by atoms with E-state index >= 15 is 0 Å². The first-order valence-electron chi connectivity index (χ1n) is 7.57. The van der Waals surface area contributed by atoms with Crippen molar-refractivity contribution >= 4 is 32.5 Å². The lowest BCUT2D eigenvalue weighted by atomic mass is 9.88. The number of halogens is 1. The molecule has 2 heterocycles. The molecule has 0 bridgehead atoms. The van der Waals surface area contributed by atoms with Gasteiger partial charge in [0.25, 0.3) is 0 Å². The second-order valence-corrected chi connectivity index (χ2v) is 9.24. The zero-order valence-electron chi connectivity index (χ0n) is 12.7. The van der Waals surface area contributed by atoms with E-state index in [-0.39, 0.29) is 11.8 Å². The summed E-state index contributed by atoms with van der Waals surface area (Å²) in [6.07, 6.45) is 4.04. The molecule has 3 atom stereocenters. The van der Waals surface area contributed by atoms with Crippen LogP contribution in [0.2, 0.25) is 5.02 Å². The number of H-pyrrole nitrogens is 1. The Morgan fingerprint density at radius 3 is 2.61 bits per heavy atom. The van der Waals surface area contributed by atoms with Crippen LogP contribution in [0.3, 0.4) is 0 Å². The molecule has 4 rings (SSSR count). The number of fused-ring (bicyclic) bond motifs is 2. The van der Waals surface area contributed by atoms with Gasteiger partial charge in [0.15, 0.2) is 0 Å². The fourth-order valence-electron chi connectivity index (χ4n) is 4.20. The van der Waals surface area contributed by atoms with Crippen LogP contribution < -0.4 is 0 Å². The Bertz CT molecular complexity index is 865. The van der Waals surface area contributed by atoms with Gasteiger partial charge in [-0.1, -0.05) is 11.6 Å². The summed E-state index contributed by atoms with van der Waals surface area (Å²) in [5.74, 6) is 0.353. The summed E-state index contributed by atoms with van der Waals surface area (Å²) < 4.78 is 24.9. The summed E-state index contributed by atoms with van der Waals surface area (Å²) >= 11 is 6.18. The van der Waals surface area contributed by atoms with Crippen LogP contribution in [0.25, 0.3) is 10.9 Å². The Kier molecular flexibility index (Phi) is 3.29. The molecule has 0 amide bonds. The predicted molar refractivity (Wildman–Crippen MR) is 87.6 cm³/mol. The minimum Gasteiger partial charge on any atom is -0.385 e. The molecule has 2 fully saturated rings. The van der Waals surface area contributed by atoms with Gasteiger partial charge in [0.2, 0.25) is 10.0 Å². The van der Waals surface area contributed by atoms with Crippen LogP contribution in [0.5, 0.6) is 0 Å². The number of hydrogen-bond donors (Lipinski definition) is 2. The number of hydrogen-bond acceptors (Lipinski definition) is 4. The van der Waals surface area contributed by atoms with Crippen LogP contribution in [0.1, 0.15) is 18.4 Å². The third-order valence-electron chi connectivity index (χ3n) is 5.24. The SMILES string of the molecule is CS(=O)(=O)N1CC2CC(O)(c3cc(Cl)cc4[nH]ncc34)C[C@@H]2C1. The second kappa shape index (κ2) is 4.92. The first kappa shape index (κ1) is 15.4. The lowest BCUT2D eigenvalue weighted by Gasteiger charge is -2.26. The van der Waals surface area contributed by atoms with Gasteiger partial charge in [-0.25, -0.2) is 12.7 Å². The lowest BCUT2D eigenvalue weighted by molar-refractivity contribution is 0.0354. The molecule has 1 aromatic heterocycles. The number of aromatic nitrogens is 2. The van der Waals surface area contributed by atoms with Crippen LogP contribution in [-0.4, -0.2) is 47.4 Å². The summed E-state index contributed by atoms with van der Waals surface area (Å²) in [5.41, 5.74) is 0.608. The van der Waals surface area contributed by atoms with Gasteiger partial charge in [-0.05, 0) is 42.4 Å². The number of nitrogens with one attached hydrogen (secondary N) is 1. The summed E-state index contributed by atoms with van der Waals surface area (Å²) in [6.45, 7) is 0.974. The number of aromatic amines is 1. The largest absolute Gasteiger partial charge is 0.385 e. The minimum atomic E-state index is -3.16. The zero-order valence-corrected chi connectivity index (χ0v) is 14.2. The first-order valence-corrected chi connectivity index (χ1v) is 9.79. The summed E-state index contributed by atoms with van der Waals surface area (Å²) in [7, 11) is -3.16. The van der Waals surface area contributed by atoms with Crippen molar-refractivity contribution in [2.24, 2.45) is 11.8 Å². The van der Waals surface area contributed by atoms with Gasteiger partial charge in [-0.15, -0.1) is 0 Å². The average Bonchev–Trinajstić information content (AvgIpc) is 3.09. The minimum absolute atomic E-state index is 0.177. The Morgan fingerprint density at radius 2 is 2.00 bits per heavy atom. The van der Waals surface area contributed by atoms with Crippen LogP contribution >= 0.6 is 11.6 Å². The van der Waals surface area contributed by atoms with Crippen molar-refractivity contribution < 1.29 is 13.5 Å². The van der Waals surface area contributed by atoms with Gasteiger partial charge in [0, 0.05) is 23.5 Å². The van der Waals surface area contributed by atoms with E-state index in [1.165, 1.54) is 10.6 Å². The van der Waals surface area contributed by atoms with Gasteiger partial charge in [-0.2, -0.15) is 5.10 Å². The second-order valence-electron chi connectivity index (χ2n) is 6.82. The number of aliphatic hydroxyl groups is 1. The Labute approximate surface area is 139 Å². The van der Waals surface area contributed by atoms with Crippen LogP contribution in [-0.2, 0) is 15.6 Å². The van der Waals surface area contributed by atoms with Crippen molar-refractivity contribution in [1.29, 1.82) is 0 Å². The fourth-order valence-corrected chi connectivity index (χ4v) is 5.34. The number of rotatable bonds is 2. The highest BCUT2D eigenvalue weighted by molar-refractivity contribution is 7.88. The zero-order chi connectivity index (χ0) is 16.4. The molecule has 8 heteroatoms. The molecule has 1 aliphatic heterocycles. The Balaban J connectivity index is 1.68. The van der Waals surface area contributed by atoms with Crippen molar-refractivity contribution in [2.75, 3.05) is 19.3 Å². The highest BCUT2D eigenvalue weighted by atomic mass is 35.5. The molecule has 0 radical (unpaired) electrons. The lowest BCUT2D eigenvalue weighted by Crippen LogP contribution is -2.31. The standard InChI is InChI=1S/C15H18ClN3O3S/c1-23(21,22)19-7-9-4-15(20,5-10(9)8-19)13-2-11(16)3-14-12(13)6-17-18-14/h2-3,6,9-10,20H,4-5,7-8H2,1H3,(H,17,18)/t9-,10?,15?/m1/s1. The fraction of sp³-hybridized carbons (Fsp3) is 0.533. The molecule has 124 valence electrons. The van der Waals surface area contributed by atoms with Gasteiger partial charge < -0.3 is 5.11 Å². The van der Waals surface area contributed by atoms with Gasteiger partial charge in [0.1, 0.15) is 0 Å². The van der Waals surface area contributed by atoms with Crippen LogP contribution in [0.15, 0.2) is 18.3 Å². The molecule has 1 aliphatic carbocycles. The summed E-state index contributed by atoms with van der Waals surface area (Å²) in [5, 5.41) is 19.6. The summed E-state index contributed by atoms with van der Waals surface area (Å²) in [6, 6.07) is 3.59. The van der Waals surface area contributed by atoms with E-state index in [0.29, 0.717) is 31.0 Å². The van der Waals surface area contributed by atoms with E-state index in [9.17, 15) is 13.5 Å². The molecule has 6 nitrogen and oxygen atoms in total. The molecular weight excluding hydrogens is 338 g/mol. The van der Waals surface area contributed by atoms with Gasteiger partial charge in [0.05, 0.1) is 23.6 Å². The van der Waals surface area contributed by atoms with E-state index in [1.54, 1.807) is 18.3 Å². The highest BCUT2D eigenvalue weighted by Crippen LogP contribution is 2.50. The monoisotopic (exact) mass is 355 g/mol. The molecule has 1 aromatic carbocycles. The first-order chi connectivity index (χ1) is 10.8. The summed E-state index contributed by atoms with van der Waals surface area (Å²) in [4.78, 5) is 0. The highest BCUT2D eigenvalue weighted by Gasteiger charge is 2.51. The van der Waals surface area contributed by atoms with Crippen LogP contribution in [0, 0.1) is 11.8 Å². The Morgan fingerprint density at radius 1 is 1.35 bits per heavy atom. The van der Waals surface area contributed by atoms with E-state index in [0.717, 1.165) is 16.5 Å². The molecule has 1 saturated carbocycles. The number of nitrogens with zero attached hydrogens (tertiary/aromatic N) is 2. The van der Waals surface area contributed by atoms with E-state index < -0.39 is 15.6 Å². The van der Waals surface area contributed by atoms with Crippen molar-refractivity contribution in [3.8, 4) is 0 Å². The average molecular weight is 356 g/mol. The molecule has 2 aliphatic rings. The number of benzene rings is 1. The van der Waals surface area contributed by atoms with Gasteiger partial charge >= 0.3 is 0 Å². The molecule has 1 saturated heterocycles.